The van der Waals surface area contributed by atoms with Gasteiger partial charge >= 0.3 is 12.2 Å². The highest BCUT2D eigenvalue weighted by Crippen LogP contribution is 2.29. The molecule has 1 aromatic carbocycles. The number of rotatable bonds is 4. The molecule has 0 aromatic heterocycles. The molecule has 0 aliphatic rings. The van der Waals surface area contributed by atoms with Crippen molar-refractivity contribution in [3.8, 4) is 11.8 Å². The van der Waals surface area contributed by atoms with Gasteiger partial charge in [0.2, 0.25) is 0 Å². The molecule has 1 rings (SSSR count). The van der Waals surface area contributed by atoms with Gasteiger partial charge < -0.3 is 15.7 Å². The summed E-state index contributed by atoms with van der Waals surface area (Å²) in [5.74, 6) is 5.11. The van der Waals surface area contributed by atoms with Crippen LogP contribution < -0.4 is 10.6 Å². The maximum absolute atomic E-state index is 12.5. The Labute approximate surface area is 120 Å². The predicted octanol–water partition coefficient (Wildman–Crippen LogP) is 1.74. The molecule has 114 valence electrons. The van der Waals surface area contributed by atoms with E-state index < -0.39 is 17.8 Å². The molecule has 0 spiro atoms. The molecule has 0 saturated heterocycles. The highest BCUT2D eigenvalue weighted by atomic mass is 19.4. The van der Waals surface area contributed by atoms with Crippen LogP contribution in [-0.4, -0.2) is 30.8 Å². The van der Waals surface area contributed by atoms with Crippen molar-refractivity contribution in [2.75, 3.05) is 19.7 Å². The average Bonchev–Trinajstić information content (AvgIpc) is 2.43. The minimum atomic E-state index is -4.40. The molecular formula is C14H15F3N2O2. The Hall–Kier alpha value is -2.20. The lowest BCUT2D eigenvalue weighted by Gasteiger charge is -2.05. The van der Waals surface area contributed by atoms with Gasteiger partial charge in [-0.3, -0.25) is 0 Å². The number of hydrogen-bond donors (Lipinski definition) is 3. The monoisotopic (exact) mass is 300 g/mol. The second-order valence-corrected chi connectivity index (χ2v) is 4.07. The van der Waals surface area contributed by atoms with Gasteiger partial charge in [-0.05, 0) is 24.6 Å². The fourth-order valence-corrected chi connectivity index (χ4v) is 1.39. The normalized spacial score (nSPS) is 10.5. The topological polar surface area (TPSA) is 61.4 Å². The van der Waals surface area contributed by atoms with Gasteiger partial charge in [-0.1, -0.05) is 17.9 Å². The number of hydrogen-bond acceptors (Lipinski definition) is 2. The zero-order valence-corrected chi connectivity index (χ0v) is 11.1. The van der Waals surface area contributed by atoms with Gasteiger partial charge in [0, 0.05) is 18.7 Å². The van der Waals surface area contributed by atoms with Gasteiger partial charge in [0.05, 0.1) is 12.1 Å². The minimum Gasteiger partial charge on any atom is -0.396 e. The number of aliphatic hydroxyl groups excluding tert-OH is 1. The van der Waals surface area contributed by atoms with Crippen LogP contribution in [0.25, 0.3) is 0 Å². The third kappa shape index (κ3) is 6.68. The van der Waals surface area contributed by atoms with Gasteiger partial charge in [0.15, 0.2) is 0 Å². The zero-order valence-electron chi connectivity index (χ0n) is 11.1. The van der Waals surface area contributed by atoms with Crippen molar-refractivity contribution >= 4 is 6.03 Å². The van der Waals surface area contributed by atoms with Crippen LogP contribution >= 0.6 is 0 Å². The summed E-state index contributed by atoms with van der Waals surface area (Å²) in [6.45, 7) is 0.334. The van der Waals surface area contributed by atoms with Crippen molar-refractivity contribution in [1.82, 2.24) is 10.6 Å². The molecule has 0 heterocycles. The number of amides is 2. The Bertz CT molecular complexity index is 533. The third-order valence-electron chi connectivity index (χ3n) is 2.38. The fraction of sp³-hybridized carbons (Fsp3) is 0.357. The van der Waals surface area contributed by atoms with Crippen LogP contribution in [-0.2, 0) is 6.18 Å². The fourth-order valence-electron chi connectivity index (χ4n) is 1.39. The van der Waals surface area contributed by atoms with E-state index in [0.29, 0.717) is 13.0 Å². The molecule has 0 fully saturated rings. The summed E-state index contributed by atoms with van der Waals surface area (Å²) < 4.78 is 37.4. The molecule has 1 aromatic rings. The Morgan fingerprint density at radius 3 is 2.71 bits per heavy atom. The van der Waals surface area contributed by atoms with Crippen molar-refractivity contribution in [2.24, 2.45) is 0 Å². The first-order valence-electron chi connectivity index (χ1n) is 6.22. The summed E-state index contributed by atoms with van der Waals surface area (Å²) in [7, 11) is 0. The smallest absolute Gasteiger partial charge is 0.396 e. The molecule has 0 unspecified atom stereocenters. The van der Waals surface area contributed by atoms with Crippen LogP contribution in [0, 0.1) is 11.8 Å². The van der Waals surface area contributed by atoms with Crippen LogP contribution in [0.2, 0.25) is 0 Å². The second kappa shape index (κ2) is 8.17. The van der Waals surface area contributed by atoms with Crippen LogP contribution in [0.4, 0.5) is 18.0 Å². The molecule has 4 nitrogen and oxygen atoms in total. The number of carbonyl (C=O) groups is 1. The molecule has 3 N–H and O–H groups in total. The maximum atomic E-state index is 12.5. The number of urea groups is 1. The minimum absolute atomic E-state index is 0.0151. The van der Waals surface area contributed by atoms with Crippen molar-refractivity contribution < 1.29 is 23.1 Å². The number of alkyl halides is 3. The Morgan fingerprint density at radius 2 is 2.05 bits per heavy atom. The van der Waals surface area contributed by atoms with Crippen molar-refractivity contribution in [3.63, 3.8) is 0 Å². The summed E-state index contributed by atoms with van der Waals surface area (Å²) >= 11 is 0. The number of carbonyl (C=O) groups excluding carboxylic acids is 1. The molecular weight excluding hydrogens is 285 g/mol. The van der Waals surface area contributed by atoms with Crippen LogP contribution in [0.1, 0.15) is 17.5 Å². The average molecular weight is 300 g/mol. The van der Waals surface area contributed by atoms with Gasteiger partial charge in [-0.15, -0.1) is 0 Å². The van der Waals surface area contributed by atoms with E-state index in [2.05, 4.69) is 22.5 Å². The highest BCUT2D eigenvalue weighted by molar-refractivity contribution is 5.74. The second-order valence-electron chi connectivity index (χ2n) is 4.07. The SMILES string of the molecule is O=C(NCC#Cc1cccc(C(F)(F)F)c1)NCCCO. The lowest BCUT2D eigenvalue weighted by atomic mass is 10.1. The molecule has 0 bridgehead atoms. The molecule has 7 heteroatoms. The standard InChI is InChI=1S/C14H15F3N2O2/c15-14(16,17)12-6-1-4-11(10-12)5-2-7-18-13(21)19-8-3-9-20/h1,4,6,10,20H,3,7-9H2,(H2,18,19,21). The van der Waals surface area contributed by atoms with E-state index >= 15 is 0 Å². The van der Waals surface area contributed by atoms with E-state index in [9.17, 15) is 18.0 Å². The zero-order chi connectivity index (χ0) is 15.7. The maximum Gasteiger partial charge on any atom is 0.416 e. The summed E-state index contributed by atoms with van der Waals surface area (Å²) in [6.07, 6.45) is -3.95. The molecule has 0 atom stereocenters. The van der Waals surface area contributed by atoms with E-state index in [1.165, 1.54) is 12.1 Å². The summed E-state index contributed by atoms with van der Waals surface area (Å²) in [4.78, 5) is 11.2. The van der Waals surface area contributed by atoms with Gasteiger partial charge in [-0.2, -0.15) is 13.2 Å². The predicted molar refractivity (Wildman–Crippen MR) is 71.4 cm³/mol. The Morgan fingerprint density at radius 1 is 1.29 bits per heavy atom. The van der Waals surface area contributed by atoms with Crippen LogP contribution in [0.3, 0.4) is 0 Å². The van der Waals surface area contributed by atoms with Crippen LogP contribution in [0.5, 0.6) is 0 Å². The van der Waals surface area contributed by atoms with Crippen molar-refractivity contribution in [1.29, 1.82) is 0 Å². The lowest BCUT2D eigenvalue weighted by molar-refractivity contribution is -0.137. The lowest BCUT2D eigenvalue weighted by Crippen LogP contribution is -2.36. The Balaban J connectivity index is 2.47. The first-order chi connectivity index (χ1) is 9.93. The molecule has 0 aliphatic carbocycles. The summed E-state index contributed by atoms with van der Waals surface area (Å²) in [5.41, 5.74) is -0.531. The Kier molecular flexibility index (Phi) is 6.56. The van der Waals surface area contributed by atoms with Gasteiger partial charge in [-0.25, -0.2) is 4.79 Å². The van der Waals surface area contributed by atoms with E-state index in [-0.39, 0.29) is 18.7 Å². The van der Waals surface area contributed by atoms with E-state index in [1.807, 2.05) is 0 Å². The molecule has 0 radical (unpaired) electrons. The number of halogens is 3. The van der Waals surface area contributed by atoms with E-state index in [4.69, 9.17) is 5.11 Å². The first-order valence-corrected chi connectivity index (χ1v) is 6.22. The molecule has 0 aliphatic heterocycles. The van der Waals surface area contributed by atoms with Crippen LogP contribution in [0.15, 0.2) is 24.3 Å². The summed E-state index contributed by atoms with van der Waals surface area (Å²) in [5, 5.41) is 13.4. The first kappa shape index (κ1) is 16.9. The number of aliphatic hydroxyl groups is 1. The molecule has 21 heavy (non-hydrogen) atoms. The number of benzene rings is 1. The van der Waals surface area contributed by atoms with E-state index in [1.54, 1.807) is 0 Å². The van der Waals surface area contributed by atoms with Gasteiger partial charge in [0.1, 0.15) is 0 Å². The molecule has 0 saturated carbocycles. The van der Waals surface area contributed by atoms with E-state index in [0.717, 1.165) is 12.1 Å². The largest absolute Gasteiger partial charge is 0.416 e. The van der Waals surface area contributed by atoms with Crippen molar-refractivity contribution in [3.05, 3.63) is 35.4 Å². The quantitative estimate of drug-likeness (QED) is 0.586. The highest BCUT2D eigenvalue weighted by Gasteiger charge is 2.30. The molecule has 2 amide bonds. The van der Waals surface area contributed by atoms with Gasteiger partial charge in [0.25, 0.3) is 0 Å². The third-order valence-corrected chi connectivity index (χ3v) is 2.38. The number of nitrogens with one attached hydrogen (secondary N) is 2. The summed E-state index contributed by atoms with van der Waals surface area (Å²) in [6, 6.07) is 4.22. The van der Waals surface area contributed by atoms with Crippen molar-refractivity contribution in [2.45, 2.75) is 12.6 Å².